The number of pyridine rings is 1. The molecular weight excluding hydrogens is 418 g/mol. The van der Waals surface area contributed by atoms with Crippen LogP contribution in [0.3, 0.4) is 0 Å². The molecule has 0 aliphatic carbocycles. The van der Waals surface area contributed by atoms with Crippen molar-refractivity contribution in [3.8, 4) is 0 Å². The second kappa shape index (κ2) is 9.35. The minimum absolute atomic E-state index is 0.254. The van der Waals surface area contributed by atoms with Crippen LogP contribution in [0.25, 0.3) is 0 Å². The van der Waals surface area contributed by atoms with Gasteiger partial charge in [0.25, 0.3) is 0 Å². The second-order valence-electron chi connectivity index (χ2n) is 7.57. The van der Waals surface area contributed by atoms with Gasteiger partial charge in [0, 0.05) is 17.0 Å². The Bertz CT molecular complexity index is 1120. The highest BCUT2D eigenvalue weighted by Gasteiger charge is 2.37. The molecule has 0 spiro atoms. The van der Waals surface area contributed by atoms with E-state index in [4.69, 9.17) is 17.0 Å². The topological polar surface area (TPSA) is 69.0 Å². The van der Waals surface area contributed by atoms with Gasteiger partial charge in [0.2, 0.25) is 0 Å². The minimum Gasteiger partial charge on any atom is -0.390 e. The zero-order chi connectivity index (χ0) is 22.6. The number of rotatable bonds is 7. The van der Waals surface area contributed by atoms with Gasteiger partial charge in [0.15, 0.2) is 0 Å². The van der Waals surface area contributed by atoms with Crippen molar-refractivity contribution in [3.05, 3.63) is 130 Å². The van der Waals surface area contributed by atoms with E-state index in [0.29, 0.717) is 22.7 Å². The van der Waals surface area contributed by atoms with Gasteiger partial charge in [-0.25, -0.2) is 4.98 Å². The van der Waals surface area contributed by atoms with Crippen molar-refractivity contribution in [2.24, 2.45) is 0 Å². The van der Waals surface area contributed by atoms with E-state index >= 15 is 0 Å². The first-order valence-electron chi connectivity index (χ1n) is 10.4. The Hall–Kier alpha value is -3.47. The molecule has 1 heterocycles. The Morgan fingerprint density at radius 3 is 1.69 bits per heavy atom. The lowest BCUT2D eigenvalue weighted by Crippen LogP contribution is -2.38. The predicted molar refractivity (Wildman–Crippen MR) is 131 cm³/mol. The van der Waals surface area contributed by atoms with Crippen LogP contribution in [0.1, 0.15) is 34.9 Å². The van der Waals surface area contributed by atoms with Gasteiger partial charge in [0.05, 0.1) is 12.3 Å². The fourth-order valence-corrected chi connectivity index (χ4v) is 4.39. The molecule has 0 atom stereocenters. The molecular formula is C27H24ClN3O. The van der Waals surface area contributed by atoms with Crippen molar-refractivity contribution in [1.82, 2.24) is 4.98 Å². The summed E-state index contributed by atoms with van der Waals surface area (Å²) < 4.78 is 0. The zero-order valence-corrected chi connectivity index (χ0v) is 18.5. The third kappa shape index (κ3) is 4.03. The largest absolute Gasteiger partial charge is 0.390 e. The van der Waals surface area contributed by atoms with E-state index in [1.807, 2.05) is 54.6 Å². The average molecular weight is 442 g/mol. The number of nitrogens with one attached hydrogen (secondary N) is 2. The highest BCUT2D eigenvalue weighted by molar-refractivity contribution is 6.30. The molecule has 4 nitrogen and oxygen atoms in total. The van der Waals surface area contributed by atoms with E-state index in [1.54, 1.807) is 13.0 Å². The fraction of sp³-hybridized carbons (Fsp3) is 0.111. The molecule has 3 aromatic carbocycles. The molecule has 0 radical (unpaired) electrons. The molecule has 0 saturated heterocycles. The number of benzene rings is 3. The normalized spacial score (nSPS) is 11.2. The molecule has 0 unspecified atom stereocenters. The molecule has 4 rings (SSSR count). The quantitative estimate of drug-likeness (QED) is 0.186. The third-order valence-corrected chi connectivity index (χ3v) is 5.72. The van der Waals surface area contributed by atoms with Crippen LogP contribution < -0.4 is 5.32 Å². The van der Waals surface area contributed by atoms with Gasteiger partial charge in [-0.15, -0.1) is 0 Å². The van der Waals surface area contributed by atoms with E-state index in [9.17, 15) is 5.11 Å². The highest BCUT2D eigenvalue weighted by atomic mass is 35.5. The van der Waals surface area contributed by atoms with Gasteiger partial charge >= 0.3 is 0 Å². The summed E-state index contributed by atoms with van der Waals surface area (Å²) in [7, 11) is 0. The summed E-state index contributed by atoms with van der Waals surface area (Å²) in [6, 6.07) is 32.3. The van der Waals surface area contributed by atoms with Crippen LogP contribution in [0.2, 0.25) is 5.15 Å². The van der Waals surface area contributed by atoms with Crippen LogP contribution in [0.4, 0.5) is 5.69 Å². The Morgan fingerprint density at radius 2 is 1.31 bits per heavy atom. The number of aromatic nitrogens is 1. The van der Waals surface area contributed by atoms with Crippen LogP contribution in [0.15, 0.2) is 97.1 Å². The maximum Gasteiger partial charge on any atom is 0.131 e. The van der Waals surface area contributed by atoms with Crippen molar-refractivity contribution in [2.75, 3.05) is 5.32 Å². The monoisotopic (exact) mass is 441 g/mol. The summed E-state index contributed by atoms with van der Waals surface area (Å²) >= 11 is 6.34. The van der Waals surface area contributed by atoms with Crippen LogP contribution in [0, 0.1) is 5.41 Å². The van der Waals surface area contributed by atoms with Crippen LogP contribution in [-0.4, -0.2) is 15.8 Å². The van der Waals surface area contributed by atoms with E-state index in [0.717, 1.165) is 16.7 Å². The number of anilines is 1. The molecule has 0 aliphatic rings. The summed E-state index contributed by atoms with van der Waals surface area (Å²) in [5.74, 6) is 0. The molecule has 0 fully saturated rings. The van der Waals surface area contributed by atoms with Crippen molar-refractivity contribution in [2.45, 2.75) is 19.1 Å². The maximum atomic E-state index is 9.92. The number of aliphatic hydroxyl groups is 1. The Morgan fingerprint density at radius 1 is 0.875 bits per heavy atom. The minimum atomic E-state index is -0.772. The molecule has 0 saturated carbocycles. The molecule has 0 aliphatic heterocycles. The van der Waals surface area contributed by atoms with Gasteiger partial charge in [-0.3, -0.25) is 0 Å². The van der Waals surface area contributed by atoms with E-state index in [1.165, 1.54) is 0 Å². The lowest BCUT2D eigenvalue weighted by molar-refractivity contribution is 0.276. The molecule has 5 heteroatoms. The van der Waals surface area contributed by atoms with Gasteiger partial charge in [0.1, 0.15) is 10.7 Å². The predicted octanol–water partition coefficient (Wildman–Crippen LogP) is 6.02. The molecule has 1 aromatic heterocycles. The zero-order valence-electron chi connectivity index (χ0n) is 17.7. The number of nitrogens with zero attached hydrogens (tertiary/aromatic N) is 1. The fourth-order valence-electron chi connectivity index (χ4n) is 4.18. The van der Waals surface area contributed by atoms with E-state index < -0.39 is 5.54 Å². The van der Waals surface area contributed by atoms with Gasteiger partial charge < -0.3 is 15.8 Å². The highest BCUT2D eigenvalue weighted by Crippen LogP contribution is 2.41. The van der Waals surface area contributed by atoms with Crippen LogP contribution in [0.5, 0.6) is 0 Å². The summed E-state index contributed by atoms with van der Waals surface area (Å²) in [6.07, 6.45) is 0. The van der Waals surface area contributed by atoms with Gasteiger partial charge in [-0.1, -0.05) is 103 Å². The standard InChI is InChI=1S/C27H24ClN3O/c1-19(29)26-23(17-25(28)30-24(26)18-32)31-27(20-11-5-2-6-12-20,21-13-7-3-8-14-21)22-15-9-4-10-16-22/h2-17,29,32H,18H2,1H3,(H,30,31). The smallest absolute Gasteiger partial charge is 0.131 e. The Kier molecular flexibility index (Phi) is 6.35. The number of halogens is 1. The first kappa shape index (κ1) is 21.8. The molecule has 32 heavy (non-hydrogen) atoms. The molecule has 3 N–H and O–H groups in total. The summed E-state index contributed by atoms with van der Waals surface area (Å²) in [5, 5.41) is 22.3. The summed E-state index contributed by atoms with van der Waals surface area (Å²) in [6.45, 7) is 1.38. The van der Waals surface area contributed by atoms with Crippen molar-refractivity contribution in [3.63, 3.8) is 0 Å². The molecule has 0 bridgehead atoms. The maximum absolute atomic E-state index is 9.92. The van der Waals surface area contributed by atoms with E-state index in [2.05, 4.69) is 46.7 Å². The first-order valence-corrected chi connectivity index (χ1v) is 10.7. The van der Waals surface area contributed by atoms with Crippen molar-refractivity contribution >= 4 is 23.0 Å². The molecule has 0 amide bonds. The van der Waals surface area contributed by atoms with Gasteiger partial charge in [-0.2, -0.15) is 0 Å². The second-order valence-corrected chi connectivity index (χ2v) is 7.96. The number of hydrogen-bond donors (Lipinski definition) is 3. The molecule has 160 valence electrons. The van der Waals surface area contributed by atoms with Crippen LogP contribution in [-0.2, 0) is 12.1 Å². The summed E-state index contributed by atoms with van der Waals surface area (Å²) in [4.78, 5) is 4.26. The van der Waals surface area contributed by atoms with Gasteiger partial charge in [-0.05, 0) is 29.7 Å². The summed E-state index contributed by atoms with van der Waals surface area (Å²) in [5.41, 5.74) is 4.17. The average Bonchev–Trinajstić information content (AvgIpc) is 2.83. The molecule has 4 aromatic rings. The van der Waals surface area contributed by atoms with Crippen molar-refractivity contribution in [1.29, 1.82) is 5.41 Å². The third-order valence-electron chi connectivity index (χ3n) is 5.53. The van der Waals surface area contributed by atoms with Crippen molar-refractivity contribution < 1.29 is 5.11 Å². The number of hydrogen-bond acceptors (Lipinski definition) is 4. The lowest BCUT2D eigenvalue weighted by atomic mass is 9.76. The Labute approximate surface area is 193 Å². The van der Waals surface area contributed by atoms with E-state index in [-0.39, 0.29) is 11.8 Å². The number of aliphatic hydroxyl groups excluding tert-OH is 1. The Balaban J connectivity index is 2.06. The SMILES string of the molecule is CC(=N)c1c(NC(c2ccccc2)(c2ccccc2)c2ccccc2)cc(Cl)nc1CO. The first-order chi connectivity index (χ1) is 15.6. The van der Waals surface area contributed by atoms with Crippen LogP contribution >= 0.6 is 11.6 Å². The lowest BCUT2D eigenvalue weighted by Gasteiger charge is -2.38.